The van der Waals surface area contributed by atoms with Gasteiger partial charge in [0.1, 0.15) is 5.69 Å². The summed E-state index contributed by atoms with van der Waals surface area (Å²) < 4.78 is 82.1. The number of benzene rings is 2. The van der Waals surface area contributed by atoms with Gasteiger partial charge in [-0.15, -0.1) is 0 Å². The van der Waals surface area contributed by atoms with Crippen LogP contribution in [0.2, 0.25) is 0 Å². The number of amides is 1. The molecule has 2 aromatic carbocycles. The van der Waals surface area contributed by atoms with Crippen molar-refractivity contribution in [2.45, 2.75) is 31.6 Å². The minimum Gasteiger partial charge on any atom is -0.322 e. The number of rotatable bonds is 3. The lowest BCUT2D eigenvalue weighted by atomic mass is 9.84. The number of anilines is 1. The van der Waals surface area contributed by atoms with E-state index in [1.807, 2.05) is 0 Å². The molecule has 0 fully saturated rings. The first-order chi connectivity index (χ1) is 17.2. The van der Waals surface area contributed by atoms with Gasteiger partial charge in [-0.1, -0.05) is 24.3 Å². The molecule has 4 aromatic rings. The van der Waals surface area contributed by atoms with Crippen LogP contribution in [0.4, 0.5) is 32.0 Å². The van der Waals surface area contributed by atoms with Crippen LogP contribution in [0.5, 0.6) is 0 Å². The van der Waals surface area contributed by atoms with Crippen LogP contribution in [0.15, 0.2) is 54.9 Å². The number of carbonyl (C=O) groups is 2. The summed E-state index contributed by atoms with van der Waals surface area (Å²) in [6, 6.07) is 9.20. The second kappa shape index (κ2) is 7.89. The highest BCUT2D eigenvalue weighted by Gasteiger charge is 2.43. The van der Waals surface area contributed by atoms with Crippen molar-refractivity contribution >= 4 is 28.2 Å². The molecule has 1 N–H and O–H groups in total. The van der Waals surface area contributed by atoms with Crippen molar-refractivity contribution in [3.8, 4) is 5.69 Å². The second-order valence-electron chi connectivity index (χ2n) is 9.01. The number of nitrogens with zero attached hydrogens (tertiary/aromatic N) is 3. The smallest absolute Gasteiger partial charge is 0.322 e. The predicted octanol–water partition coefficient (Wildman–Crippen LogP) is 6.18. The average molecular weight is 518 g/mol. The maximum atomic E-state index is 14.2. The molecule has 1 aliphatic rings. The lowest BCUT2D eigenvalue weighted by molar-refractivity contribution is -0.143. The number of alkyl halides is 6. The van der Waals surface area contributed by atoms with E-state index in [2.05, 4.69) is 15.4 Å². The van der Waals surface area contributed by atoms with Crippen LogP contribution in [0.3, 0.4) is 0 Å². The molecule has 0 spiro atoms. The van der Waals surface area contributed by atoms with Crippen molar-refractivity contribution in [3.63, 3.8) is 0 Å². The zero-order chi connectivity index (χ0) is 26.9. The third-order valence-electron chi connectivity index (χ3n) is 6.32. The number of hydrogen-bond acceptors (Lipinski definition) is 4. The quantitative estimate of drug-likeness (QED) is 0.329. The van der Waals surface area contributed by atoms with Crippen LogP contribution >= 0.6 is 0 Å². The summed E-state index contributed by atoms with van der Waals surface area (Å²) >= 11 is 0. The number of ketones is 1. The van der Waals surface area contributed by atoms with Crippen LogP contribution in [-0.4, -0.2) is 26.5 Å². The van der Waals surface area contributed by atoms with Gasteiger partial charge in [0.25, 0.3) is 5.91 Å². The maximum absolute atomic E-state index is 14.2. The molecule has 1 amide bonds. The number of carbonyl (C=O) groups excluding carboxylic acids is 2. The SMILES string of the molecule is CC1(C)C(=O)c2cccc3c(-n4ncc(C(=O)Nc5ccnc(C(F)(F)F)c5)c4C(F)(F)F)ccc1c23. The Morgan fingerprint density at radius 2 is 1.73 bits per heavy atom. The molecule has 0 aliphatic heterocycles. The van der Waals surface area contributed by atoms with E-state index < -0.39 is 40.6 Å². The van der Waals surface area contributed by atoms with Gasteiger partial charge < -0.3 is 5.32 Å². The Kier molecular flexibility index (Phi) is 5.22. The number of Topliss-reactive ketones (excluding diaryl/α,β-unsaturated/α-hetero) is 1. The Hall–Kier alpha value is -4.22. The fourth-order valence-electron chi connectivity index (χ4n) is 4.58. The molecule has 0 saturated carbocycles. The second-order valence-corrected chi connectivity index (χ2v) is 9.01. The highest BCUT2D eigenvalue weighted by molar-refractivity contribution is 6.21. The van der Waals surface area contributed by atoms with E-state index in [9.17, 15) is 35.9 Å². The first-order valence-electron chi connectivity index (χ1n) is 10.8. The van der Waals surface area contributed by atoms with Crippen LogP contribution in [0.1, 0.15) is 51.5 Å². The molecule has 0 radical (unpaired) electrons. The van der Waals surface area contributed by atoms with Gasteiger partial charge in [0, 0.05) is 22.8 Å². The van der Waals surface area contributed by atoms with Gasteiger partial charge >= 0.3 is 12.4 Å². The van der Waals surface area contributed by atoms with Crippen LogP contribution in [0.25, 0.3) is 16.5 Å². The summed E-state index contributed by atoms with van der Waals surface area (Å²) in [4.78, 5) is 28.8. The zero-order valence-corrected chi connectivity index (χ0v) is 19.1. The Bertz CT molecular complexity index is 1600. The van der Waals surface area contributed by atoms with E-state index in [-0.39, 0.29) is 17.2 Å². The first-order valence-corrected chi connectivity index (χ1v) is 10.8. The molecule has 2 aromatic heterocycles. The molecular weight excluding hydrogens is 502 g/mol. The molecule has 0 unspecified atom stereocenters. The van der Waals surface area contributed by atoms with Crippen LogP contribution in [-0.2, 0) is 17.8 Å². The number of nitrogens with one attached hydrogen (secondary N) is 1. The first kappa shape index (κ1) is 24.5. The van der Waals surface area contributed by atoms with E-state index >= 15 is 0 Å². The van der Waals surface area contributed by atoms with Gasteiger partial charge in [-0.25, -0.2) is 4.68 Å². The molecule has 1 aliphatic carbocycles. The predicted molar refractivity (Wildman–Crippen MR) is 121 cm³/mol. The van der Waals surface area contributed by atoms with E-state index in [0.29, 0.717) is 38.8 Å². The number of hydrogen-bond donors (Lipinski definition) is 1. The third kappa shape index (κ3) is 3.83. The van der Waals surface area contributed by atoms with E-state index in [4.69, 9.17) is 0 Å². The molecule has 5 rings (SSSR count). The molecule has 0 atom stereocenters. The minimum atomic E-state index is -5.06. The highest BCUT2D eigenvalue weighted by atomic mass is 19.4. The third-order valence-corrected chi connectivity index (χ3v) is 6.32. The van der Waals surface area contributed by atoms with Gasteiger partial charge in [-0.05, 0) is 43.0 Å². The van der Waals surface area contributed by atoms with Crippen molar-refractivity contribution in [1.82, 2.24) is 14.8 Å². The standard InChI is InChI=1S/C25H16F6N4O2/c1-23(2)16-6-7-17(13-4-3-5-14(19(13)16)21(23)36)35-20(25(29,30)31)15(11-33-35)22(37)34-12-8-9-32-18(10-12)24(26,27)28/h3-11H,1-2H3,(H,32,34,37). The van der Waals surface area contributed by atoms with Gasteiger partial charge in [0.15, 0.2) is 11.5 Å². The Balaban J connectivity index is 1.63. The molecule has 0 saturated heterocycles. The fraction of sp³-hybridized carbons (Fsp3) is 0.200. The Morgan fingerprint density at radius 3 is 2.41 bits per heavy atom. The van der Waals surface area contributed by atoms with Gasteiger partial charge in [0.05, 0.1) is 22.9 Å². The summed E-state index contributed by atoms with van der Waals surface area (Å²) in [5.41, 5.74) is -3.87. The fourth-order valence-corrected chi connectivity index (χ4v) is 4.58. The van der Waals surface area contributed by atoms with E-state index in [1.54, 1.807) is 38.1 Å². The molecule has 6 nitrogen and oxygen atoms in total. The average Bonchev–Trinajstić information content (AvgIpc) is 3.35. The van der Waals surface area contributed by atoms with E-state index in [1.165, 1.54) is 6.07 Å². The van der Waals surface area contributed by atoms with Crippen molar-refractivity contribution in [2.75, 3.05) is 5.32 Å². The number of halogens is 6. The maximum Gasteiger partial charge on any atom is 0.434 e. The molecule has 0 bridgehead atoms. The molecular formula is C25H16F6N4O2. The van der Waals surface area contributed by atoms with E-state index in [0.717, 1.165) is 12.3 Å². The zero-order valence-electron chi connectivity index (χ0n) is 19.1. The molecule has 190 valence electrons. The van der Waals surface area contributed by atoms with Crippen LogP contribution < -0.4 is 5.32 Å². The van der Waals surface area contributed by atoms with Gasteiger partial charge in [-0.3, -0.25) is 14.6 Å². The summed E-state index contributed by atoms with van der Waals surface area (Å²) in [6.45, 7) is 3.45. The van der Waals surface area contributed by atoms with Crippen molar-refractivity contribution in [3.05, 3.63) is 82.9 Å². The molecule has 2 heterocycles. The normalized spacial score (nSPS) is 14.9. The summed E-state index contributed by atoms with van der Waals surface area (Å²) in [7, 11) is 0. The monoisotopic (exact) mass is 518 g/mol. The van der Waals surface area contributed by atoms with Crippen molar-refractivity contribution in [2.24, 2.45) is 0 Å². The molecule has 12 heteroatoms. The van der Waals surface area contributed by atoms with Crippen molar-refractivity contribution < 1.29 is 35.9 Å². The van der Waals surface area contributed by atoms with Gasteiger partial charge in [0.2, 0.25) is 0 Å². The Morgan fingerprint density at radius 1 is 1.00 bits per heavy atom. The Labute approximate surface area is 204 Å². The highest BCUT2D eigenvalue weighted by Crippen LogP contribution is 2.44. The topological polar surface area (TPSA) is 76.9 Å². The minimum absolute atomic E-state index is 0.0132. The van der Waals surface area contributed by atoms with Gasteiger partial charge in [-0.2, -0.15) is 31.4 Å². The molecule has 37 heavy (non-hydrogen) atoms. The number of aromatic nitrogens is 3. The largest absolute Gasteiger partial charge is 0.434 e. The van der Waals surface area contributed by atoms with Crippen LogP contribution in [0, 0.1) is 0 Å². The van der Waals surface area contributed by atoms with Crippen molar-refractivity contribution in [1.29, 1.82) is 0 Å². The lowest BCUT2D eigenvalue weighted by Gasteiger charge is -2.18. The lowest BCUT2D eigenvalue weighted by Crippen LogP contribution is -2.23. The summed E-state index contributed by atoms with van der Waals surface area (Å²) in [5.74, 6) is -1.47. The summed E-state index contributed by atoms with van der Waals surface area (Å²) in [6.07, 6.45) is -8.39. The summed E-state index contributed by atoms with van der Waals surface area (Å²) in [5, 5.41) is 6.70. The number of pyridine rings is 1.